The van der Waals surface area contributed by atoms with Gasteiger partial charge in [-0.1, -0.05) is 72.0 Å². The van der Waals surface area contributed by atoms with Crippen LogP contribution in [0.15, 0.2) is 51.4 Å². The number of carbonyl (C=O) groups excluding carboxylic acids is 1. The zero-order valence-corrected chi connectivity index (χ0v) is 21.4. The summed E-state index contributed by atoms with van der Waals surface area (Å²) in [7, 11) is 1.55. The van der Waals surface area contributed by atoms with Crippen molar-refractivity contribution in [3.05, 3.63) is 68.4 Å². The molecule has 4 rings (SSSR count). The van der Waals surface area contributed by atoms with E-state index in [-0.39, 0.29) is 28.5 Å². The number of halogens is 3. The van der Waals surface area contributed by atoms with Gasteiger partial charge in [-0.25, -0.2) is 4.68 Å². The van der Waals surface area contributed by atoms with Crippen LogP contribution in [-0.4, -0.2) is 32.9 Å². The zero-order chi connectivity index (χ0) is 23.9. The Labute approximate surface area is 209 Å². The average Bonchev–Trinajstić information content (AvgIpc) is 3.39. The Morgan fingerprint density at radius 1 is 1.09 bits per heavy atom. The van der Waals surface area contributed by atoms with Gasteiger partial charge in [0.25, 0.3) is 11.8 Å². The van der Waals surface area contributed by atoms with E-state index in [0.717, 1.165) is 10.0 Å². The van der Waals surface area contributed by atoms with Crippen molar-refractivity contribution in [1.29, 1.82) is 0 Å². The van der Waals surface area contributed by atoms with Gasteiger partial charge in [-0.2, -0.15) is 5.10 Å². The van der Waals surface area contributed by atoms with Crippen LogP contribution in [0.4, 0.5) is 0 Å². The molecular formula is C23H20BrCl2N5O2. The Balaban J connectivity index is 2.06. The topological polar surface area (TPSA) is 85.8 Å². The molecule has 2 heterocycles. The van der Waals surface area contributed by atoms with Crippen molar-refractivity contribution in [2.75, 3.05) is 7.05 Å². The van der Waals surface area contributed by atoms with Gasteiger partial charge in [0.05, 0.1) is 22.0 Å². The number of carbonyl (C=O) groups is 1. The number of benzene rings is 2. The minimum absolute atomic E-state index is 0.140. The number of hydrogen-bond acceptors (Lipinski definition) is 5. The SMILES string of the molecule is CNC(=O)c1c(-c2nnc(C(C)(C)C)o2)nn(-c2ccc(Cl)cc2Cl)c1-c1ccc(Br)cc1. The van der Waals surface area contributed by atoms with Gasteiger partial charge in [0, 0.05) is 27.5 Å². The third-order valence-corrected chi connectivity index (χ3v) is 5.93. The number of rotatable bonds is 4. The average molecular weight is 549 g/mol. The van der Waals surface area contributed by atoms with Crippen molar-refractivity contribution in [2.45, 2.75) is 26.2 Å². The second kappa shape index (κ2) is 8.93. The highest BCUT2D eigenvalue weighted by atomic mass is 79.9. The zero-order valence-electron chi connectivity index (χ0n) is 18.3. The number of hydrogen-bond donors (Lipinski definition) is 1. The second-order valence-electron chi connectivity index (χ2n) is 8.33. The summed E-state index contributed by atoms with van der Waals surface area (Å²) >= 11 is 16.1. The quantitative estimate of drug-likeness (QED) is 0.322. The first kappa shape index (κ1) is 23.5. The van der Waals surface area contributed by atoms with Crippen molar-refractivity contribution in [3.63, 3.8) is 0 Å². The molecule has 2 aromatic carbocycles. The maximum atomic E-state index is 13.1. The van der Waals surface area contributed by atoms with Crippen molar-refractivity contribution in [3.8, 4) is 28.5 Å². The van der Waals surface area contributed by atoms with Crippen molar-refractivity contribution >= 4 is 45.0 Å². The van der Waals surface area contributed by atoms with Gasteiger partial charge in [0.2, 0.25) is 5.89 Å². The van der Waals surface area contributed by atoms with Gasteiger partial charge in [-0.05, 0) is 30.3 Å². The molecule has 0 bridgehead atoms. The van der Waals surface area contributed by atoms with Gasteiger partial charge in [0.15, 0.2) is 5.69 Å². The maximum Gasteiger partial charge on any atom is 0.269 e. The van der Waals surface area contributed by atoms with E-state index in [1.807, 2.05) is 45.0 Å². The highest BCUT2D eigenvalue weighted by Gasteiger charge is 2.31. The standard InChI is InChI=1S/C23H20BrCl2N5O2/c1-23(2,3)22-29-28-21(33-22)18-17(20(32)27-4)19(12-5-7-13(24)8-6-12)31(30-18)16-10-9-14(25)11-15(16)26/h5-11H,1-4H3,(H,27,32). The lowest BCUT2D eigenvalue weighted by Crippen LogP contribution is -2.19. The van der Waals surface area contributed by atoms with Gasteiger partial charge in [-0.3, -0.25) is 4.79 Å². The molecule has 0 aliphatic carbocycles. The molecule has 2 aromatic heterocycles. The number of nitrogens with zero attached hydrogens (tertiary/aromatic N) is 4. The van der Waals surface area contributed by atoms with Crippen LogP contribution in [0.3, 0.4) is 0 Å². The summed E-state index contributed by atoms with van der Waals surface area (Å²) in [5.41, 5.74) is 1.99. The molecule has 0 saturated heterocycles. The summed E-state index contributed by atoms with van der Waals surface area (Å²) in [4.78, 5) is 13.1. The maximum absolute atomic E-state index is 13.1. The molecule has 7 nitrogen and oxygen atoms in total. The molecule has 1 amide bonds. The first-order valence-corrected chi connectivity index (χ1v) is 11.6. The fourth-order valence-corrected chi connectivity index (χ4v) is 3.98. The molecule has 1 N–H and O–H groups in total. The van der Waals surface area contributed by atoms with Crippen molar-refractivity contribution in [1.82, 2.24) is 25.3 Å². The van der Waals surface area contributed by atoms with E-state index in [4.69, 9.17) is 32.7 Å². The van der Waals surface area contributed by atoms with E-state index in [2.05, 4.69) is 31.4 Å². The Kier molecular flexibility index (Phi) is 6.35. The summed E-state index contributed by atoms with van der Waals surface area (Å²) in [6, 6.07) is 12.6. The third kappa shape index (κ3) is 4.55. The molecule has 0 fully saturated rings. The Bertz CT molecular complexity index is 1340. The molecule has 170 valence electrons. The van der Waals surface area contributed by atoms with Crippen molar-refractivity contribution < 1.29 is 9.21 Å². The lowest BCUT2D eigenvalue weighted by Gasteiger charge is -2.11. The molecule has 33 heavy (non-hydrogen) atoms. The molecular weight excluding hydrogens is 529 g/mol. The normalized spacial score (nSPS) is 11.6. The van der Waals surface area contributed by atoms with Crippen LogP contribution in [0.1, 0.15) is 37.0 Å². The molecule has 0 aliphatic rings. The van der Waals surface area contributed by atoms with Crippen LogP contribution in [0, 0.1) is 0 Å². The first-order valence-electron chi connectivity index (χ1n) is 10.0. The summed E-state index contributed by atoms with van der Waals surface area (Å²) in [5.74, 6) is 0.222. The first-order chi connectivity index (χ1) is 15.6. The monoisotopic (exact) mass is 547 g/mol. The van der Waals surface area contributed by atoms with Crippen LogP contribution < -0.4 is 5.32 Å². The molecule has 0 radical (unpaired) electrons. The fraction of sp³-hybridized carbons (Fsp3) is 0.217. The van der Waals surface area contributed by atoms with Crippen LogP contribution in [0.2, 0.25) is 10.0 Å². The van der Waals surface area contributed by atoms with E-state index < -0.39 is 0 Å². The van der Waals surface area contributed by atoms with E-state index in [9.17, 15) is 4.79 Å². The summed E-state index contributed by atoms with van der Waals surface area (Å²) in [6.07, 6.45) is 0. The lowest BCUT2D eigenvalue weighted by atomic mass is 9.97. The van der Waals surface area contributed by atoms with Gasteiger partial charge in [-0.15, -0.1) is 10.2 Å². The molecule has 0 unspecified atom stereocenters. The third-order valence-electron chi connectivity index (χ3n) is 4.86. The number of amides is 1. The van der Waals surface area contributed by atoms with E-state index in [1.54, 1.807) is 29.9 Å². The summed E-state index contributed by atoms with van der Waals surface area (Å²) in [6.45, 7) is 5.88. The molecule has 0 spiro atoms. The van der Waals surface area contributed by atoms with E-state index in [0.29, 0.717) is 27.3 Å². The molecule has 10 heteroatoms. The molecule has 0 atom stereocenters. The minimum atomic E-state index is -0.366. The van der Waals surface area contributed by atoms with Crippen LogP contribution in [0.25, 0.3) is 28.5 Å². The van der Waals surface area contributed by atoms with Gasteiger partial charge >= 0.3 is 0 Å². The van der Waals surface area contributed by atoms with Crippen LogP contribution in [0.5, 0.6) is 0 Å². The minimum Gasteiger partial charge on any atom is -0.419 e. The predicted molar refractivity (Wildman–Crippen MR) is 132 cm³/mol. The van der Waals surface area contributed by atoms with Gasteiger partial charge in [0.1, 0.15) is 0 Å². The van der Waals surface area contributed by atoms with E-state index in [1.165, 1.54) is 0 Å². The predicted octanol–water partition coefficient (Wildman–Crippen LogP) is 6.32. The Morgan fingerprint density at radius 2 is 1.79 bits per heavy atom. The summed E-state index contributed by atoms with van der Waals surface area (Å²) < 4.78 is 8.44. The Morgan fingerprint density at radius 3 is 2.36 bits per heavy atom. The molecule has 4 aromatic rings. The lowest BCUT2D eigenvalue weighted by molar-refractivity contribution is 0.0964. The second-order valence-corrected chi connectivity index (χ2v) is 10.1. The highest BCUT2D eigenvalue weighted by molar-refractivity contribution is 9.10. The number of aromatic nitrogens is 4. The van der Waals surface area contributed by atoms with Crippen molar-refractivity contribution in [2.24, 2.45) is 0 Å². The fourth-order valence-electron chi connectivity index (χ4n) is 3.23. The Hall–Kier alpha value is -2.68. The van der Waals surface area contributed by atoms with Gasteiger partial charge < -0.3 is 9.73 Å². The largest absolute Gasteiger partial charge is 0.419 e. The van der Waals surface area contributed by atoms with E-state index >= 15 is 0 Å². The molecule has 0 aliphatic heterocycles. The molecule has 0 saturated carbocycles. The summed E-state index contributed by atoms with van der Waals surface area (Å²) in [5, 5.41) is 16.6. The van der Waals surface area contributed by atoms with Crippen LogP contribution in [-0.2, 0) is 5.41 Å². The smallest absolute Gasteiger partial charge is 0.269 e. The number of nitrogens with one attached hydrogen (secondary N) is 1. The highest BCUT2D eigenvalue weighted by Crippen LogP contribution is 2.37. The van der Waals surface area contributed by atoms with Crippen LogP contribution >= 0.6 is 39.1 Å².